The van der Waals surface area contributed by atoms with Crippen LogP contribution in [0.25, 0.3) is 0 Å². The zero-order valence-corrected chi connectivity index (χ0v) is 21.3. The van der Waals surface area contributed by atoms with Crippen molar-refractivity contribution in [3.8, 4) is 0 Å². The summed E-state index contributed by atoms with van der Waals surface area (Å²) in [6, 6.07) is 0. The molecule has 1 fully saturated rings. The standard InChI is InChI=1S/C24H38O6Si/c1-10-28-21(25)18-14-16(4)19(30-31(8,9)23(5,6)7)20-24(18,27)17(22(26)29-20)13-11-12-15(2)3/h11-15,18-20,27H,10H2,1-9H3/b12-11+,17-13+/t18-,19+,20+,24+/m0/s1. The van der Waals surface area contributed by atoms with E-state index < -0.39 is 44.0 Å². The van der Waals surface area contributed by atoms with Crippen molar-refractivity contribution in [3.05, 3.63) is 35.5 Å². The van der Waals surface area contributed by atoms with Crippen LogP contribution in [0.5, 0.6) is 0 Å². The second-order valence-corrected chi connectivity index (χ2v) is 15.1. The number of hydrogen-bond donors (Lipinski definition) is 1. The molecule has 1 aliphatic heterocycles. The molecule has 0 aromatic rings. The number of esters is 2. The molecule has 0 spiro atoms. The lowest BCUT2D eigenvalue weighted by Crippen LogP contribution is -2.60. The Morgan fingerprint density at radius 1 is 1.35 bits per heavy atom. The van der Waals surface area contributed by atoms with Crippen LogP contribution in [0.1, 0.15) is 48.5 Å². The third-order valence-electron chi connectivity index (χ3n) is 6.47. The van der Waals surface area contributed by atoms with Crippen LogP contribution in [0.3, 0.4) is 0 Å². The van der Waals surface area contributed by atoms with Crippen LogP contribution in [0.15, 0.2) is 35.5 Å². The van der Waals surface area contributed by atoms with Crippen molar-refractivity contribution in [2.24, 2.45) is 11.8 Å². The number of hydrogen-bond acceptors (Lipinski definition) is 6. The zero-order valence-electron chi connectivity index (χ0n) is 20.3. The Morgan fingerprint density at radius 3 is 2.48 bits per heavy atom. The first kappa shape index (κ1) is 25.6. The number of rotatable bonds is 6. The van der Waals surface area contributed by atoms with Gasteiger partial charge in [0.05, 0.1) is 12.2 Å². The summed E-state index contributed by atoms with van der Waals surface area (Å²) in [4.78, 5) is 25.7. The SMILES string of the molecule is CCOC(=O)[C@@H]1C=C(C)[C@@H](O[Si](C)(C)C(C)(C)C)[C@H]2OC(=O)/C(=C\C=C\C(C)C)[C@]21O. The fourth-order valence-electron chi connectivity index (χ4n) is 3.65. The third kappa shape index (κ3) is 4.88. The maximum absolute atomic E-state index is 12.9. The van der Waals surface area contributed by atoms with E-state index in [4.69, 9.17) is 13.9 Å². The van der Waals surface area contributed by atoms with Crippen molar-refractivity contribution in [1.29, 1.82) is 0 Å². The van der Waals surface area contributed by atoms with Gasteiger partial charge in [-0.3, -0.25) is 4.79 Å². The lowest BCUT2D eigenvalue weighted by Gasteiger charge is -2.46. The van der Waals surface area contributed by atoms with Gasteiger partial charge in [-0.2, -0.15) is 0 Å². The van der Waals surface area contributed by atoms with Crippen LogP contribution in [-0.4, -0.2) is 49.8 Å². The van der Waals surface area contributed by atoms with E-state index in [-0.39, 0.29) is 23.1 Å². The van der Waals surface area contributed by atoms with Gasteiger partial charge >= 0.3 is 11.9 Å². The highest BCUT2D eigenvalue weighted by molar-refractivity contribution is 6.74. The largest absolute Gasteiger partial charge is 0.465 e. The van der Waals surface area contributed by atoms with Gasteiger partial charge < -0.3 is 19.0 Å². The number of ether oxygens (including phenoxy) is 2. The molecule has 1 saturated heterocycles. The van der Waals surface area contributed by atoms with Gasteiger partial charge in [-0.05, 0) is 49.5 Å². The maximum Gasteiger partial charge on any atom is 0.337 e. The first-order valence-corrected chi connectivity index (χ1v) is 13.9. The molecule has 0 unspecified atom stereocenters. The Kier molecular flexibility index (Phi) is 7.45. The lowest BCUT2D eigenvalue weighted by atomic mass is 9.71. The molecule has 0 saturated carbocycles. The summed E-state index contributed by atoms with van der Waals surface area (Å²) in [7, 11) is -2.27. The van der Waals surface area contributed by atoms with Gasteiger partial charge in [0.25, 0.3) is 0 Å². The summed E-state index contributed by atoms with van der Waals surface area (Å²) < 4.78 is 17.5. The van der Waals surface area contributed by atoms with E-state index in [1.165, 1.54) is 0 Å². The highest BCUT2D eigenvalue weighted by Crippen LogP contribution is 2.49. The van der Waals surface area contributed by atoms with E-state index in [2.05, 4.69) is 33.9 Å². The second kappa shape index (κ2) is 9.04. The van der Waals surface area contributed by atoms with Gasteiger partial charge in [0.15, 0.2) is 20.0 Å². The number of fused-ring (bicyclic) bond motifs is 1. The van der Waals surface area contributed by atoms with Gasteiger partial charge in [-0.25, -0.2) is 4.79 Å². The lowest BCUT2D eigenvalue weighted by molar-refractivity contribution is -0.165. The van der Waals surface area contributed by atoms with Gasteiger partial charge in [0.2, 0.25) is 0 Å². The third-order valence-corrected chi connectivity index (χ3v) is 10.9. The molecule has 0 aromatic carbocycles. The minimum absolute atomic E-state index is 0.0556. The molecule has 1 heterocycles. The van der Waals surface area contributed by atoms with E-state index in [1.807, 2.05) is 26.8 Å². The second-order valence-electron chi connectivity index (χ2n) is 10.3. The minimum atomic E-state index is -2.27. The first-order chi connectivity index (χ1) is 14.2. The van der Waals surface area contributed by atoms with Gasteiger partial charge in [-0.1, -0.05) is 52.8 Å². The van der Waals surface area contributed by atoms with Crippen molar-refractivity contribution in [2.75, 3.05) is 6.61 Å². The Labute approximate surface area is 187 Å². The van der Waals surface area contributed by atoms with Gasteiger partial charge in [0, 0.05) is 0 Å². The summed E-state index contributed by atoms with van der Waals surface area (Å²) in [5.41, 5.74) is -1.05. The molecule has 0 bridgehead atoms. The van der Waals surface area contributed by atoms with Crippen LogP contribution in [0.2, 0.25) is 18.1 Å². The van der Waals surface area contributed by atoms with E-state index >= 15 is 0 Å². The summed E-state index contributed by atoms with van der Waals surface area (Å²) in [5.74, 6) is -2.01. The first-order valence-electron chi connectivity index (χ1n) is 11.0. The minimum Gasteiger partial charge on any atom is -0.465 e. The maximum atomic E-state index is 12.9. The van der Waals surface area contributed by atoms with Crippen LogP contribution in [0.4, 0.5) is 0 Å². The summed E-state index contributed by atoms with van der Waals surface area (Å²) in [6.07, 6.45) is 5.19. The van der Waals surface area contributed by atoms with Crippen molar-refractivity contribution in [1.82, 2.24) is 0 Å². The van der Waals surface area contributed by atoms with Crippen LogP contribution < -0.4 is 0 Å². The molecule has 174 valence electrons. The Morgan fingerprint density at radius 2 is 1.97 bits per heavy atom. The average Bonchev–Trinajstić information content (AvgIpc) is 2.88. The summed E-state index contributed by atoms with van der Waals surface area (Å²) >= 11 is 0. The highest BCUT2D eigenvalue weighted by Gasteiger charge is 2.64. The van der Waals surface area contributed by atoms with E-state index in [9.17, 15) is 14.7 Å². The molecule has 0 aromatic heterocycles. The van der Waals surface area contributed by atoms with Crippen molar-refractivity contribution < 1.29 is 28.6 Å². The molecule has 2 rings (SSSR count). The Balaban J connectivity index is 2.61. The molecule has 7 heteroatoms. The number of carbonyl (C=O) groups excluding carboxylic acids is 2. The van der Waals surface area contributed by atoms with Crippen molar-refractivity contribution >= 4 is 20.3 Å². The fraction of sp³-hybridized carbons (Fsp3) is 0.667. The molecule has 1 N–H and O–H groups in total. The van der Waals surface area contributed by atoms with Gasteiger partial charge in [-0.15, -0.1) is 0 Å². The highest BCUT2D eigenvalue weighted by atomic mass is 28.4. The smallest absolute Gasteiger partial charge is 0.337 e. The topological polar surface area (TPSA) is 82.1 Å². The molecule has 2 aliphatic rings. The van der Waals surface area contributed by atoms with Crippen molar-refractivity contribution in [2.45, 2.75) is 84.4 Å². The molecule has 0 amide bonds. The van der Waals surface area contributed by atoms with Gasteiger partial charge in [0.1, 0.15) is 12.0 Å². The quantitative estimate of drug-likeness (QED) is 0.281. The molecule has 6 nitrogen and oxygen atoms in total. The fourth-order valence-corrected chi connectivity index (χ4v) is 4.95. The summed E-state index contributed by atoms with van der Waals surface area (Å²) in [5, 5.41) is 11.8. The molecule has 1 aliphatic carbocycles. The van der Waals surface area contributed by atoms with E-state index in [0.29, 0.717) is 0 Å². The Hall–Kier alpha value is -1.70. The predicted octanol–water partition coefficient (Wildman–Crippen LogP) is 4.31. The van der Waals surface area contributed by atoms with E-state index in [1.54, 1.807) is 25.2 Å². The van der Waals surface area contributed by atoms with Crippen LogP contribution >= 0.6 is 0 Å². The summed E-state index contributed by atoms with van der Waals surface area (Å²) in [6.45, 7) is 18.3. The van der Waals surface area contributed by atoms with Crippen LogP contribution in [0, 0.1) is 11.8 Å². The molecule has 0 radical (unpaired) electrons. The van der Waals surface area contributed by atoms with Crippen LogP contribution in [-0.2, 0) is 23.5 Å². The zero-order chi connectivity index (χ0) is 23.8. The Bertz CT molecular complexity index is 801. The molecular formula is C24H38O6Si. The van der Waals surface area contributed by atoms with E-state index in [0.717, 1.165) is 5.57 Å². The average molecular weight is 451 g/mol. The normalized spacial score (nSPS) is 30.5. The number of allylic oxidation sites excluding steroid dienone is 3. The molecular weight excluding hydrogens is 412 g/mol. The number of carbonyl (C=O) groups is 2. The predicted molar refractivity (Wildman–Crippen MR) is 123 cm³/mol. The number of aliphatic hydroxyl groups is 1. The molecule has 31 heavy (non-hydrogen) atoms. The molecule has 4 atom stereocenters. The van der Waals surface area contributed by atoms with Crippen molar-refractivity contribution in [3.63, 3.8) is 0 Å². The monoisotopic (exact) mass is 450 g/mol.